The van der Waals surface area contributed by atoms with Crippen molar-refractivity contribution in [3.63, 3.8) is 0 Å². The predicted molar refractivity (Wildman–Crippen MR) is 84.6 cm³/mol. The average Bonchev–Trinajstić information content (AvgIpc) is 2.71. The molecule has 2 rings (SSSR count). The zero-order chi connectivity index (χ0) is 16.5. The Bertz CT molecular complexity index is 701. The van der Waals surface area contributed by atoms with E-state index < -0.39 is 11.7 Å². The molecule has 7 nitrogen and oxygen atoms in total. The van der Waals surface area contributed by atoms with Crippen molar-refractivity contribution in [2.75, 3.05) is 11.1 Å². The van der Waals surface area contributed by atoms with Crippen molar-refractivity contribution in [3.8, 4) is 16.9 Å². The van der Waals surface area contributed by atoms with Gasteiger partial charge in [0.05, 0.1) is 11.9 Å². The highest BCUT2D eigenvalue weighted by atomic mass is 16.6. The number of aromatic nitrogens is 2. The number of nitrogen functional groups attached to an aromatic ring is 1. The van der Waals surface area contributed by atoms with Crippen molar-refractivity contribution < 1.29 is 14.6 Å². The molecule has 2 aromatic rings. The molecule has 22 heavy (non-hydrogen) atoms. The van der Waals surface area contributed by atoms with E-state index in [0.29, 0.717) is 5.82 Å². The highest BCUT2D eigenvalue weighted by Gasteiger charge is 2.18. The van der Waals surface area contributed by atoms with E-state index in [1.54, 1.807) is 50.8 Å². The van der Waals surface area contributed by atoms with Gasteiger partial charge in [0.2, 0.25) is 0 Å². The highest BCUT2D eigenvalue weighted by molar-refractivity contribution is 5.89. The fraction of sp³-hybridized carbons (Fsp3) is 0.333. The fourth-order valence-corrected chi connectivity index (χ4v) is 1.89. The molecule has 0 saturated heterocycles. The first-order valence-corrected chi connectivity index (χ1v) is 6.78. The largest absolute Gasteiger partial charge is 0.506 e. The van der Waals surface area contributed by atoms with E-state index in [1.807, 2.05) is 0 Å². The van der Waals surface area contributed by atoms with E-state index in [2.05, 4.69) is 10.4 Å². The Morgan fingerprint density at radius 3 is 2.64 bits per heavy atom. The molecule has 0 bridgehead atoms. The molecule has 1 aromatic heterocycles. The van der Waals surface area contributed by atoms with E-state index in [9.17, 15) is 9.90 Å². The fourth-order valence-electron chi connectivity index (χ4n) is 1.89. The van der Waals surface area contributed by atoms with Crippen molar-refractivity contribution in [2.24, 2.45) is 7.05 Å². The number of phenolic OH excluding ortho intramolecular Hbond substituents is 1. The van der Waals surface area contributed by atoms with Gasteiger partial charge in [-0.3, -0.25) is 10.00 Å². The second kappa shape index (κ2) is 5.59. The van der Waals surface area contributed by atoms with Gasteiger partial charge in [0.25, 0.3) is 0 Å². The monoisotopic (exact) mass is 304 g/mol. The summed E-state index contributed by atoms with van der Waals surface area (Å²) in [6.07, 6.45) is 0.984. The minimum Gasteiger partial charge on any atom is -0.506 e. The summed E-state index contributed by atoms with van der Waals surface area (Å²) in [5.74, 6) is 0.436. The van der Waals surface area contributed by atoms with Crippen LogP contribution in [-0.2, 0) is 11.8 Å². The Hall–Kier alpha value is -2.70. The summed E-state index contributed by atoms with van der Waals surface area (Å²) in [5, 5.41) is 16.5. The number of anilines is 2. The third-order valence-electron chi connectivity index (χ3n) is 2.93. The summed E-state index contributed by atoms with van der Waals surface area (Å²) in [6.45, 7) is 5.29. The number of hydrogen-bond acceptors (Lipinski definition) is 5. The SMILES string of the molecule is Cn1ncc(-c2ccc(O)c(NC(=O)OC(C)(C)C)c2)c1N. The van der Waals surface area contributed by atoms with E-state index in [-0.39, 0.29) is 11.4 Å². The number of rotatable bonds is 2. The Balaban J connectivity index is 2.28. The summed E-state index contributed by atoms with van der Waals surface area (Å²) in [4.78, 5) is 11.8. The first-order chi connectivity index (χ1) is 10.2. The molecule has 0 aliphatic rings. The number of nitrogens with zero attached hydrogens (tertiary/aromatic N) is 2. The van der Waals surface area contributed by atoms with Gasteiger partial charge in [0.15, 0.2) is 0 Å². The molecule has 0 saturated carbocycles. The van der Waals surface area contributed by atoms with Crippen LogP contribution in [0.4, 0.5) is 16.3 Å². The Labute approximate surface area is 128 Å². The Morgan fingerprint density at radius 2 is 2.09 bits per heavy atom. The number of aryl methyl sites for hydroxylation is 1. The predicted octanol–water partition coefficient (Wildman–Crippen LogP) is 2.72. The smallest absolute Gasteiger partial charge is 0.412 e. The first kappa shape index (κ1) is 15.7. The number of amides is 1. The number of nitrogens with one attached hydrogen (secondary N) is 1. The third kappa shape index (κ3) is 3.49. The lowest BCUT2D eigenvalue weighted by molar-refractivity contribution is 0.0635. The van der Waals surface area contributed by atoms with Crippen LogP contribution in [0.1, 0.15) is 20.8 Å². The minimum absolute atomic E-state index is 0.0583. The van der Waals surface area contributed by atoms with Gasteiger partial charge in [-0.15, -0.1) is 0 Å². The number of phenols is 1. The number of ether oxygens (including phenoxy) is 1. The summed E-state index contributed by atoms with van der Waals surface area (Å²) in [6, 6.07) is 4.80. The van der Waals surface area contributed by atoms with Crippen LogP contribution in [0.5, 0.6) is 5.75 Å². The quantitative estimate of drug-likeness (QED) is 0.740. The van der Waals surface area contributed by atoms with Crippen molar-refractivity contribution in [2.45, 2.75) is 26.4 Å². The molecule has 0 aliphatic carbocycles. The number of benzene rings is 1. The lowest BCUT2D eigenvalue weighted by Gasteiger charge is -2.20. The zero-order valence-corrected chi connectivity index (χ0v) is 13.0. The number of nitrogens with two attached hydrogens (primary N) is 1. The molecule has 0 fully saturated rings. The van der Waals surface area contributed by atoms with E-state index in [4.69, 9.17) is 10.5 Å². The molecular weight excluding hydrogens is 284 g/mol. The standard InChI is InChI=1S/C15H20N4O3/c1-15(2,3)22-14(21)18-11-7-9(5-6-12(11)20)10-8-17-19(4)13(10)16/h5-8,20H,16H2,1-4H3,(H,18,21). The number of hydrogen-bond donors (Lipinski definition) is 3. The number of aromatic hydroxyl groups is 1. The van der Waals surface area contributed by atoms with Crippen LogP contribution in [0, 0.1) is 0 Å². The maximum Gasteiger partial charge on any atom is 0.412 e. The molecule has 1 amide bonds. The molecular formula is C15H20N4O3. The normalized spacial score (nSPS) is 11.3. The topological polar surface area (TPSA) is 102 Å². The van der Waals surface area contributed by atoms with Crippen LogP contribution in [0.2, 0.25) is 0 Å². The molecule has 0 unspecified atom stereocenters. The molecule has 0 atom stereocenters. The molecule has 1 heterocycles. The highest BCUT2D eigenvalue weighted by Crippen LogP contribution is 2.32. The van der Waals surface area contributed by atoms with Crippen molar-refractivity contribution in [1.82, 2.24) is 9.78 Å². The van der Waals surface area contributed by atoms with Crippen LogP contribution in [0.3, 0.4) is 0 Å². The minimum atomic E-state index is -0.640. The van der Waals surface area contributed by atoms with E-state index in [1.165, 1.54) is 6.07 Å². The first-order valence-electron chi connectivity index (χ1n) is 6.78. The maximum absolute atomic E-state index is 11.8. The molecule has 4 N–H and O–H groups in total. The van der Waals surface area contributed by atoms with Crippen molar-refractivity contribution in [3.05, 3.63) is 24.4 Å². The Kier molecular flexibility index (Phi) is 3.99. The Morgan fingerprint density at radius 1 is 1.41 bits per heavy atom. The van der Waals surface area contributed by atoms with E-state index >= 15 is 0 Å². The maximum atomic E-state index is 11.8. The van der Waals surface area contributed by atoms with Crippen LogP contribution in [-0.4, -0.2) is 26.6 Å². The molecule has 0 aliphatic heterocycles. The molecule has 1 aromatic carbocycles. The lowest BCUT2D eigenvalue weighted by atomic mass is 10.1. The summed E-state index contributed by atoms with van der Waals surface area (Å²) >= 11 is 0. The van der Waals surface area contributed by atoms with Gasteiger partial charge < -0.3 is 15.6 Å². The van der Waals surface area contributed by atoms with Crippen molar-refractivity contribution >= 4 is 17.6 Å². The average molecular weight is 304 g/mol. The van der Waals surface area contributed by atoms with Gasteiger partial charge >= 0.3 is 6.09 Å². The van der Waals surface area contributed by atoms with Gasteiger partial charge in [-0.25, -0.2) is 4.79 Å². The van der Waals surface area contributed by atoms with Crippen LogP contribution < -0.4 is 11.1 Å². The molecule has 0 spiro atoms. The van der Waals surface area contributed by atoms with E-state index in [0.717, 1.165) is 11.1 Å². The second-order valence-corrected chi connectivity index (χ2v) is 5.93. The lowest BCUT2D eigenvalue weighted by Crippen LogP contribution is -2.27. The zero-order valence-electron chi connectivity index (χ0n) is 13.0. The van der Waals surface area contributed by atoms with Crippen LogP contribution in [0.25, 0.3) is 11.1 Å². The summed E-state index contributed by atoms with van der Waals surface area (Å²) in [5.41, 5.74) is 7.01. The second-order valence-electron chi connectivity index (χ2n) is 5.93. The van der Waals surface area contributed by atoms with Gasteiger partial charge in [-0.2, -0.15) is 5.10 Å². The summed E-state index contributed by atoms with van der Waals surface area (Å²) in [7, 11) is 1.74. The number of carbonyl (C=O) groups excluding carboxylic acids is 1. The third-order valence-corrected chi connectivity index (χ3v) is 2.93. The van der Waals surface area contributed by atoms with Gasteiger partial charge in [-0.1, -0.05) is 6.07 Å². The van der Waals surface area contributed by atoms with Crippen LogP contribution >= 0.6 is 0 Å². The molecule has 118 valence electrons. The molecule has 0 radical (unpaired) electrons. The van der Waals surface area contributed by atoms with Crippen LogP contribution in [0.15, 0.2) is 24.4 Å². The van der Waals surface area contributed by atoms with Crippen molar-refractivity contribution in [1.29, 1.82) is 0 Å². The van der Waals surface area contributed by atoms with Gasteiger partial charge in [0.1, 0.15) is 17.2 Å². The number of carbonyl (C=O) groups is 1. The van der Waals surface area contributed by atoms with Gasteiger partial charge in [0, 0.05) is 12.6 Å². The molecule has 7 heteroatoms. The summed E-state index contributed by atoms with van der Waals surface area (Å²) < 4.78 is 6.71. The van der Waals surface area contributed by atoms with Gasteiger partial charge in [-0.05, 0) is 38.5 Å².